The summed E-state index contributed by atoms with van der Waals surface area (Å²) in [5.41, 5.74) is 2.62. The van der Waals surface area contributed by atoms with Crippen molar-refractivity contribution in [3.63, 3.8) is 0 Å². The average Bonchev–Trinajstić information content (AvgIpc) is 2.50. The van der Waals surface area contributed by atoms with E-state index in [4.69, 9.17) is 4.74 Å². The van der Waals surface area contributed by atoms with Crippen molar-refractivity contribution in [3.8, 4) is 5.75 Å². The lowest BCUT2D eigenvalue weighted by Crippen LogP contribution is -2.18. The lowest BCUT2D eigenvalue weighted by atomic mass is 10.1. The van der Waals surface area contributed by atoms with Crippen LogP contribution in [-0.2, 0) is 0 Å². The van der Waals surface area contributed by atoms with Crippen LogP contribution in [0.5, 0.6) is 5.75 Å². The molecule has 0 aliphatic carbocycles. The van der Waals surface area contributed by atoms with Crippen molar-refractivity contribution in [2.24, 2.45) is 0 Å². The fourth-order valence-corrected chi connectivity index (χ4v) is 3.11. The van der Waals surface area contributed by atoms with Crippen LogP contribution in [0, 0.1) is 6.92 Å². The van der Waals surface area contributed by atoms with Gasteiger partial charge in [-0.05, 0) is 37.7 Å². The summed E-state index contributed by atoms with van der Waals surface area (Å²) in [4.78, 5) is 1.23. The van der Waals surface area contributed by atoms with Gasteiger partial charge in [0.2, 0.25) is 0 Å². The Morgan fingerprint density at radius 2 is 1.90 bits per heavy atom. The predicted molar refractivity (Wildman–Crippen MR) is 86.7 cm³/mol. The molecule has 0 saturated carbocycles. The Bertz CT molecular complexity index is 539. The second-order valence-corrected chi connectivity index (χ2v) is 5.84. The standard InChI is InChI=1S/C17H21NOS/c1-13-7-9-14(10-8-13)17(18-2)12-20-16-6-4-5-15(11-16)19-3/h4-11,17-18H,12H2,1-3H3. The van der Waals surface area contributed by atoms with Crippen LogP contribution in [0.1, 0.15) is 17.2 Å². The van der Waals surface area contributed by atoms with Crippen molar-refractivity contribution in [1.82, 2.24) is 5.32 Å². The molecule has 106 valence electrons. The van der Waals surface area contributed by atoms with Gasteiger partial charge in [-0.1, -0.05) is 35.9 Å². The minimum Gasteiger partial charge on any atom is -0.497 e. The second kappa shape index (κ2) is 7.36. The Balaban J connectivity index is 2.01. The van der Waals surface area contributed by atoms with Gasteiger partial charge in [-0.15, -0.1) is 11.8 Å². The number of benzene rings is 2. The monoisotopic (exact) mass is 287 g/mol. The smallest absolute Gasteiger partial charge is 0.119 e. The van der Waals surface area contributed by atoms with Crippen LogP contribution in [0.2, 0.25) is 0 Å². The first-order valence-corrected chi connectivity index (χ1v) is 7.72. The van der Waals surface area contributed by atoms with E-state index in [0.717, 1.165) is 11.5 Å². The molecule has 0 heterocycles. The van der Waals surface area contributed by atoms with Crippen LogP contribution in [-0.4, -0.2) is 19.9 Å². The molecule has 2 aromatic carbocycles. The molecule has 1 N–H and O–H groups in total. The quantitative estimate of drug-likeness (QED) is 0.810. The van der Waals surface area contributed by atoms with Gasteiger partial charge in [0.25, 0.3) is 0 Å². The van der Waals surface area contributed by atoms with Crippen molar-refractivity contribution in [1.29, 1.82) is 0 Å². The van der Waals surface area contributed by atoms with Crippen LogP contribution in [0.25, 0.3) is 0 Å². The molecular weight excluding hydrogens is 266 g/mol. The van der Waals surface area contributed by atoms with E-state index in [2.05, 4.69) is 48.6 Å². The Morgan fingerprint density at radius 1 is 1.15 bits per heavy atom. The highest BCUT2D eigenvalue weighted by Crippen LogP contribution is 2.27. The number of nitrogens with one attached hydrogen (secondary N) is 1. The van der Waals surface area contributed by atoms with Crippen molar-refractivity contribution in [3.05, 3.63) is 59.7 Å². The molecule has 0 radical (unpaired) electrons. The summed E-state index contributed by atoms with van der Waals surface area (Å²) in [6.07, 6.45) is 0. The SMILES string of the molecule is CNC(CSc1cccc(OC)c1)c1ccc(C)cc1. The summed E-state index contributed by atoms with van der Waals surface area (Å²) < 4.78 is 5.26. The summed E-state index contributed by atoms with van der Waals surface area (Å²) in [6.45, 7) is 2.11. The maximum absolute atomic E-state index is 5.26. The number of aryl methyl sites for hydroxylation is 1. The Labute approximate surface area is 125 Å². The summed E-state index contributed by atoms with van der Waals surface area (Å²) in [6, 6.07) is 17.3. The van der Waals surface area contributed by atoms with Gasteiger partial charge in [0.1, 0.15) is 5.75 Å². The van der Waals surface area contributed by atoms with Gasteiger partial charge in [0.05, 0.1) is 7.11 Å². The van der Waals surface area contributed by atoms with E-state index in [1.807, 2.05) is 30.9 Å². The van der Waals surface area contributed by atoms with Crippen LogP contribution in [0.3, 0.4) is 0 Å². The summed E-state index contributed by atoms with van der Waals surface area (Å²) in [5.74, 6) is 1.90. The molecule has 0 fully saturated rings. The number of thioether (sulfide) groups is 1. The molecule has 0 aromatic heterocycles. The Morgan fingerprint density at radius 3 is 2.55 bits per heavy atom. The van der Waals surface area contributed by atoms with E-state index in [1.54, 1.807) is 7.11 Å². The number of hydrogen-bond donors (Lipinski definition) is 1. The van der Waals surface area contributed by atoms with Crippen molar-refractivity contribution >= 4 is 11.8 Å². The summed E-state index contributed by atoms with van der Waals surface area (Å²) >= 11 is 1.84. The van der Waals surface area contributed by atoms with Gasteiger partial charge in [-0.2, -0.15) is 0 Å². The molecular formula is C17H21NOS. The molecule has 0 bridgehead atoms. The maximum Gasteiger partial charge on any atom is 0.119 e. The third-order valence-corrected chi connectivity index (χ3v) is 4.37. The van der Waals surface area contributed by atoms with Crippen LogP contribution >= 0.6 is 11.8 Å². The molecule has 1 atom stereocenters. The third-order valence-electron chi connectivity index (χ3n) is 3.29. The van der Waals surface area contributed by atoms with Crippen molar-refractivity contribution in [2.75, 3.05) is 19.9 Å². The number of hydrogen-bond acceptors (Lipinski definition) is 3. The highest BCUT2D eigenvalue weighted by Gasteiger charge is 2.09. The Kier molecular flexibility index (Phi) is 5.50. The minimum absolute atomic E-state index is 0.354. The van der Waals surface area contributed by atoms with Gasteiger partial charge >= 0.3 is 0 Å². The molecule has 20 heavy (non-hydrogen) atoms. The van der Waals surface area contributed by atoms with Crippen LogP contribution < -0.4 is 10.1 Å². The molecule has 2 aromatic rings. The molecule has 2 nitrogen and oxygen atoms in total. The lowest BCUT2D eigenvalue weighted by molar-refractivity contribution is 0.413. The first-order valence-electron chi connectivity index (χ1n) is 6.73. The highest BCUT2D eigenvalue weighted by molar-refractivity contribution is 7.99. The molecule has 0 spiro atoms. The topological polar surface area (TPSA) is 21.3 Å². The molecule has 0 aliphatic heterocycles. The van der Waals surface area contributed by atoms with Gasteiger partial charge < -0.3 is 10.1 Å². The van der Waals surface area contributed by atoms with Crippen molar-refractivity contribution < 1.29 is 4.74 Å². The first-order chi connectivity index (χ1) is 9.72. The summed E-state index contributed by atoms with van der Waals surface area (Å²) in [7, 11) is 3.71. The number of rotatable bonds is 6. The second-order valence-electron chi connectivity index (χ2n) is 4.74. The first kappa shape index (κ1) is 14.9. The van der Waals surface area contributed by atoms with Crippen LogP contribution in [0.15, 0.2) is 53.4 Å². The van der Waals surface area contributed by atoms with E-state index in [-0.39, 0.29) is 0 Å². The van der Waals surface area contributed by atoms with E-state index in [1.165, 1.54) is 16.0 Å². The largest absolute Gasteiger partial charge is 0.497 e. The van der Waals surface area contributed by atoms with Crippen LogP contribution in [0.4, 0.5) is 0 Å². The zero-order valence-electron chi connectivity index (χ0n) is 12.2. The molecule has 2 rings (SSSR count). The zero-order valence-corrected chi connectivity index (χ0v) is 13.0. The fourth-order valence-electron chi connectivity index (χ4n) is 2.02. The molecule has 0 aliphatic rings. The van der Waals surface area contributed by atoms with E-state index < -0.39 is 0 Å². The minimum atomic E-state index is 0.354. The number of ether oxygens (including phenoxy) is 1. The molecule has 0 saturated heterocycles. The fraction of sp³-hybridized carbons (Fsp3) is 0.294. The molecule has 3 heteroatoms. The zero-order chi connectivity index (χ0) is 14.4. The summed E-state index contributed by atoms with van der Waals surface area (Å²) in [5, 5.41) is 3.38. The lowest BCUT2D eigenvalue weighted by Gasteiger charge is -2.16. The number of methoxy groups -OCH3 is 1. The van der Waals surface area contributed by atoms with E-state index >= 15 is 0 Å². The normalized spacial score (nSPS) is 12.2. The molecule has 1 unspecified atom stereocenters. The van der Waals surface area contributed by atoms with Gasteiger partial charge in [0, 0.05) is 16.7 Å². The van der Waals surface area contributed by atoms with Gasteiger partial charge in [-0.3, -0.25) is 0 Å². The molecule has 0 amide bonds. The Hall–Kier alpha value is -1.45. The van der Waals surface area contributed by atoms with E-state index in [0.29, 0.717) is 6.04 Å². The van der Waals surface area contributed by atoms with Crippen molar-refractivity contribution in [2.45, 2.75) is 17.9 Å². The highest BCUT2D eigenvalue weighted by atomic mass is 32.2. The predicted octanol–water partition coefficient (Wildman–Crippen LogP) is 4.06. The van der Waals surface area contributed by atoms with Gasteiger partial charge in [-0.25, -0.2) is 0 Å². The van der Waals surface area contributed by atoms with E-state index in [9.17, 15) is 0 Å². The van der Waals surface area contributed by atoms with Gasteiger partial charge in [0.15, 0.2) is 0 Å². The maximum atomic E-state index is 5.26. The average molecular weight is 287 g/mol. The third kappa shape index (κ3) is 4.02.